The molecule has 2 rings (SSSR count). The number of H-pyrrole nitrogens is 1. The fourth-order valence-corrected chi connectivity index (χ4v) is 1.78. The second kappa shape index (κ2) is 5.30. The molecule has 0 bridgehead atoms. The monoisotopic (exact) mass is 262 g/mol. The van der Waals surface area contributed by atoms with Gasteiger partial charge in [0.05, 0.1) is 7.11 Å². The van der Waals surface area contributed by atoms with Gasteiger partial charge in [-0.3, -0.25) is 0 Å². The third-order valence-corrected chi connectivity index (χ3v) is 2.69. The van der Waals surface area contributed by atoms with Gasteiger partial charge in [0, 0.05) is 10.7 Å². The molecule has 0 saturated carbocycles. The molecule has 0 aliphatic rings. The average Bonchev–Trinajstić information content (AvgIpc) is 2.88. The number of aliphatic carboxylic acids is 1. The van der Waals surface area contributed by atoms with Gasteiger partial charge in [-0.25, -0.2) is 14.3 Å². The molecule has 1 unspecified atom stereocenters. The van der Waals surface area contributed by atoms with Crippen LogP contribution in [-0.2, 0) is 4.79 Å². The summed E-state index contributed by atoms with van der Waals surface area (Å²) in [4.78, 5) is 24.3. The van der Waals surface area contributed by atoms with E-state index in [9.17, 15) is 14.8 Å². The third kappa shape index (κ3) is 2.59. The molecule has 0 aliphatic carbocycles. The Labute approximate surface area is 108 Å². The summed E-state index contributed by atoms with van der Waals surface area (Å²) >= 11 is 0. The lowest BCUT2D eigenvalue weighted by Crippen LogP contribution is -2.42. The van der Waals surface area contributed by atoms with E-state index in [2.05, 4.69) is 10.2 Å². The van der Waals surface area contributed by atoms with Gasteiger partial charge in [-0.05, 0) is 12.1 Å². The van der Waals surface area contributed by atoms with Crippen LogP contribution in [0.2, 0.25) is 0 Å². The van der Waals surface area contributed by atoms with Crippen LogP contribution >= 0.6 is 0 Å². The zero-order valence-corrected chi connectivity index (χ0v) is 10.1. The van der Waals surface area contributed by atoms with E-state index in [4.69, 9.17) is 4.74 Å². The second-order valence-electron chi connectivity index (χ2n) is 3.84. The lowest BCUT2D eigenvalue weighted by molar-refractivity contribution is -0.700. The maximum atomic E-state index is 11.4. The molecular formula is C12H12N3O4+. The van der Waals surface area contributed by atoms with E-state index in [1.165, 1.54) is 24.2 Å². The first-order chi connectivity index (χ1) is 9.15. The van der Waals surface area contributed by atoms with Crippen molar-refractivity contribution in [3.05, 3.63) is 47.3 Å². The Balaban J connectivity index is 2.38. The summed E-state index contributed by atoms with van der Waals surface area (Å²) in [5.74, 6) is -0.325. The number of aromatic amines is 1. The van der Waals surface area contributed by atoms with Crippen molar-refractivity contribution in [3.8, 4) is 5.75 Å². The molecule has 98 valence electrons. The van der Waals surface area contributed by atoms with E-state index in [0.29, 0.717) is 11.3 Å². The molecule has 1 atom stereocenters. The molecule has 0 amide bonds. The van der Waals surface area contributed by atoms with Crippen molar-refractivity contribution in [2.24, 2.45) is 5.18 Å². The first-order valence-corrected chi connectivity index (χ1v) is 5.45. The van der Waals surface area contributed by atoms with Crippen LogP contribution < -0.4 is 9.30 Å². The van der Waals surface area contributed by atoms with Crippen LogP contribution in [0.15, 0.2) is 42.0 Å². The highest BCUT2D eigenvalue weighted by molar-refractivity contribution is 5.74. The predicted octanol–water partition coefficient (Wildman–Crippen LogP) is 1.38. The molecule has 0 aliphatic heterocycles. The number of carboxylic acid groups (broad SMARTS) is 1. The van der Waals surface area contributed by atoms with E-state index in [0.717, 1.165) is 0 Å². The molecule has 2 N–H and O–H groups in total. The Bertz CT molecular complexity index is 591. The highest BCUT2D eigenvalue weighted by Crippen LogP contribution is 2.18. The number of imidazole rings is 1. The van der Waals surface area contributed by atoms with Crippen LogP contribution in [0, 0.1) is 4.91 Å². The Hall–Kier alpha value is -2.70. The molecule has 0 spiro atoms. The van der Waals surface area contributed by atoms with Gasteiger partial charge in [-0.1, -0.05) is 12.1 Å². The highest BCUT2D eigenvalue weighted by atomic mass is 16.5. The van der Waals surface area contributed by atoms with E-state index in [1.807, 2.05) is 0 Å². The standard InChI is InChI=1S/C12H11N3O4/c1-19-9-4-2-8(3-5-9)11(12(16)17)15-6-10(14-18)13-7-15/h2-7,11H,1H3,(H,16,17)/p+1. The minimum absolute atomic E-state index is 0.0692. The minimum atomic E-state index is -1.04. The van der Waals surface area contributed by atoms with Gasteiger partial charge in [-0.15, -0.1) is 4.91 Å². The number of nitroso groups, excluding NO2 is 1. The molecule has 1 heterocycles. The molecule has 0 radical (unpaired) electrons. The van der Waals surface area contributed by atoms with Crippen LogP contribution in [0.5, 0.6) is 5.75 Å². The zero-order chi connectivity index (χ0) is 13.8. The summed E-state index contributed by atoms with van der Waals surface area (Å²) in [6, 6.07) is 5.74. The molecular weight excluding hydrogens is 250 g/mol. The maximum Gasteiger partial charge on any atom is 0.354 e. The lowest BCUT2D eigenvalue weighted by Gasteiger charge is -2.09. The number of rotatable bonds is 5. The SMILES string of the molecule is COc1ccc(C(C(=O)O)[n+]2c[nH]c(N=O)c2)cc1. The van der Waals surface area contributed by atoms with Gasteiger partial charge in [0.2, 0.25) is 12.4 Å². The molecule has 2 aromatic rings. The minimum Gasteiger partial charge on any atom is -0.497 e. The number of carbonyl (C=O) groups is 1. The van der Waals surface area contributed by atoms with Crippen LogP contribution in [0.25, 0.3) is 0 Å². The summed E-state index contributed by atoms with van der Waals surface area (Å²) < 4.78 is 6.40. The lowest BCUT2D eigenvalue weighted by atomic mass is 10.1. The summed E-state index contributed by atoms with van der Waals surface area (Å²) in [7, 11) is 1.53. The molecule has 1 aromatic carbocycles. The molecule has 1 aromatic heterocycles. The number of nitrogens with zero attached hydrogens (tertiary/aromatic N) is 2. The number of nitrogens with one attached hydrogen (secondary N) is 1. The Morgan fingerprint density at radius 1 is 1.42 bits per heavy atom. The molecule has 19 heavy (non-hydrogen) atoms. The number of carboxylic acids is 1. The largest absolute Gasteiger partial charge is 0.497 e. The predicted molar refractivity (Wildman–Crippen MR) is 65.2 cm³/mol. The highest BCUT2D eigenvalue weighted by Gasteiger charge is 2.27. The number of methoxy groups -OCH3 is 1. The van der Waals surface area contributed by atoms with Gasteiger partial charge < -0.3 is 9.84 Å². The average molecular weight is 262 g/mol. The van der Waals surface area contributed by atoms with Crippen molar-refractivity contribution in [1.29, 1.82) is 0 Å². The van der Waals surface area contributed by atoms with Crippen molar-refractivity contribution in [2.75, 3.05) is 7.11 Å². The van der Waals surface area contributed by atoms with Crippen LogP contribution in [-0.4, -0.2) is 23.2 Å². The molecule has 7 nitrogen and oxygen atoms in total. The fourth-order valence-electron chi connectivity index (χ4n) is 1.78. The topological polar surface area (TPSA) is 95.6 Å². The first kappa shape index (κ1) is 12.7. The first-order valence-electron chi connectivity index (χ1n) is 5.45. The van der Waals surface area contributed by atoms with Gasteiger partial charge in [0.1, 0.15) is 5.75 Å². The zero-order valence-electron chi connectivity index (χ0n) is 10.1. The summed E-state index contributed by atoms with van der Waals surface area (Å²) in [6.45, 7) is 0. The quantitative estimate of drug-likeness (QED) is 0.628. The number of benzene rings is 1. The number of hydrogen-bond donors (Lipinski definition) is 2. The smallest absolute Gasteiger partial charge is 0.354 e. The third-order valence-electron chi connectivity index (χ3n) is 2.69. The fraction of sp³-hybridized carbons (Fsp3) is 0.167. The van der Waals surface area contributed by atoms with Crippen LogP contribution in [0.3, 0.4) is 0 Å². The maximum absolute atomic E-state index is 11.4. The summed E-state index contributed by atoms with van der Waals surface area (Å²) in [5.41, 5.74) is 0.565. The number of aromatic nitrogens is 2. The molecule has 0 fully saturated rings. The Morgan fingerprint density at radius 2 is 2.11 bits per heavy atom. The van der Waals surface area contributed by atoms with Crippen LogP contribution in [0.4, 0.5) is 5.82 Å². The Kier molecular flexibility index (Phi) is 3.56. The number of ether oxygens (including phenoxy) is 1. The van der Waals surface area contributed by atoms with E-state index >= 15 is 0 Å². The van der Waals surface area contributed by atoms with Gasteiger partial charge in [-0.2, -0.15) is 0 Å². The normalized spacial score (nSPS) is 11.8. The molecule has 7 heteroatoms. The number of hydrogen-bond acceptors (Lipinski definition) is 4. The van der Waals surface area contributed by atoms with E-state index in [-0.39, 0.29) is 5.82 Å². The van der Waals surface area contributed by atoms with Crippen molar-refractivity contribution in [3.63, 3.8) is 0 Å². The van der Waals surface area contributed by atoms with Gasteiger partial charge in [0.15, 0.2) is 6.20 Å². The van der Waals surface area contributed by atoms with Gasteiger partial charge >= 0.3 is 5.97 Å². The van der Waals surface area contributed by atoms with Crippen LogP contribution in [0.1, 0.15) is 11.6 Å². The van der Waals surface area contributed by atoms with E-state index < -0.39 is 12.0 Å². The molecule has 0 saturated heterocycles. The summed E-state index contributed by atoms with van der Waals surface area (Å²) in [6.07, 6.45) is 2.73. The van der Waals surface area contributed by atoms with Gasteiger partial charge in [0.25, 0.3) is 5.82 Å². The second-order valence-corrected chi connectivity index (χ2v) is 3.84. The van der Waals surface area contributed by atoms with Crippen molar-refractivity contribution in [1.82, 2.24) is 4.98 Å². The van der Waals surface area contributed by atoms with Crippen molar-refractivity contribution in [2.45, 2.75) is 6.04 Å². The Morgan fingerprint density at radius 3 is 2.58 bits per heavy atom. The summed E-state index contributed by atoms with van der Waals surface area (Å²) in [5, 5.41) is 12.0. The van der Waals surface area contributed by atoms with Crippen molar-refractivity contribution >= 4 is 11.8 Å². The van der Waals surface area contributed by atoms with Crippen molar-refractivity contribution < 1.29 is 19.2 Å². The van der Waals surface area contributed by atoms with E-state index in [1.54, 1.807) is 24.3 Å².